The van der Waals surface area contributed by atoms with E-state index in [2.05, 4.69) is 20.9 Å². The molecule has 0 fully saturated rings. The van der Waals surface area contributed by atoms with Crippen molar-refractivity contribution < 1.29 is 4.79 Å². The van der Waals surface area contributed by atoms with Gasteiger partial charge in [0.25, 0.3) is 5.91 Å². The monoisotopic (exact) mass is 450 g/mol. The van der Waals surface area contributed by atoms with Gasteiger partial charge >= 0.3 is 0 Å². The van der Waals surface area contributed by atoms with E-state index in [-0.39, 0.29) is 11.9 Å². The van der Waals surface area contributed by atoms with Gasteiger partial charge in [-0.3, -0.25) is 4.79 Å². The van der Waals surface area contributed by atoms with Crippen molar-refractivity contribution in [3.05, 3.63) is 74.7 Å². The number of halogens is 2. The molecule has 144 valence electrons. The number of amides is 1. The maximum atomic E-state index is 12.0. The van der Waals surface area contributed by atoms with Crippen molar-refractivity contribution in [2.45, 2.75) is 13.0 Å². The van der Waals surface area contributed by atoms with Crippen LogP contribution in [0, 0.1) is 0 Å². The van der Waals surface area contributed by atoms with Crippen molar-refractivity contribution in [1.29, 1.82) is 0 Å². The fourth-order valence-electron chi connectivity index (χ4n) is 2.39. The highest BCUT2D eigenvalue weighted by molar-refractivity contribution is 7.80. The van der Waals surface area contributed by atoms with Gasteiger partial charge in [0.1, 0.15) is 5.69 Å². The Morgan fingerprint density at radius 3 is 2.36 bits per heavy atom. The third-order valence-electron chi connectivity index (χ3n) is 3.86. The number of hydrogen-bond acceptors (Lipinski definition) is 4. The molecule has 3 aromatic rings. The lowest BCUT2D eigenvalue weighted by Gasteiger charge is -2.18. The number of thiazole rings is 1. The fraction of sp³-hybridized carbons (Fsp3) is 0.105. The summed E-state index contributed by atoms with van der Waals surface area (Å²) in [5.74, 6) is -0.241. The molecule has 0 saturated heterocycles. The normalized spacial score (nSPS) is 11.5. The van der Waals surface area contributed by atoms with Gasteiger partial charge in [-0.15, -0.1) is 11.3 Å². The number of benzene rings is 2. The summed E-state index contributed by atoms with van der Waals surface area (Å²) < 4.78 is 0. The first-order chi connectivity index (χ1) is 13.4. The number of aromatic nitrogens is 1. The summed E-state index contributed by atoms with van der Waals surface area (Å²) in [6.45, 7) is 1.98. The molecule has 0 aliphatic heterocycles. The second-order valence-electron chi connectivity index (χ2n) is 5.90. The number of thiocarbonyl (C=S) groups is 1. The number of rotatable bonds is 5. The van der Waals surface area contributed by atoms with E-state index in [9.17, 15) is 4.79 Å². The SMILES string of the molecule is CC(NC(=S)Nc1ccc(NC(=O)c2cscn2)cc1)c1ccc(Cl)c(Cl)c1. The first kappa shape index (κ1) is 20.5. The second kappa shape index (κ2) is 9.34. The van der Waals surface area contributed by atoms with Gasteiger partial charge in [0.15, 0.2) is 5.11 Å². The predicted molar refractivity (Wildman–Crippen MR) is 121 cm³/mol. The Morgan fingerprint density at radius 2 is 1.75 bits per heavy atom. The second-order valence-corrected chi connectivity index (χ2v) is 7.84. The van der Waals surface area contributed by atoms with E-state index >= 15 is 0 Å². The third-order valence-corrected chi connectivity index (χ3v) is 5.40. The molecular formula is C19H16Cl2N4OS2. The highest BCUT2D eigenvalue weighted by atomic mass is 35.5. The van der Waals surface area contributed by atoms with Crippen LogP contribution in [0.15, 0.2) is 53.4 Å². The average Bonchev–Trinajstić information content (AvgIpc) is 3.20. The zero-order valence-electron chi connectivity index (χ0n) is 14.7. The number of nitrogens with zero attached hydrogens (tertiary/aromatic N) is 1. The Morgan fingerprint density at radius 1 is 1.07 bits per heavy atom. The molecule has 9 heteroatoms. The molecule has 1 unspecified atom stereocenters. The van der Waals surface area contributed by atoms with Gasteiger partial charge in [-0.25, -0.2) is 4.98 Å². The van der Waals surface area contributed by atoms with E-state index in [1.54, 1.807) is 29.1 Å². The Balaban J connectivity index is 1.55. The molecule has 0 bridgehead atoms. The van der Waals surface area contributed by atoms with Gasteiger partial charge in [0.05, 0.1) is 21.6 Å². The molecule has 0 saturated carbocycles. The molecule has 1 amide bonds. The van der Waals surface area contributed by atoms with Gasteiger partial charge < -0.3 is 16.0 Å². The van der Waals surface area contributed by atoms with Gasteiger partial charge in [-0.05, 0) is 61.1 Å². The molecule has 0 aliphatic carbocycles. The lowest BCUT2D eigenvalue weighted by molar-refractivity contribution is 0.102. The maximum absolute atomic E-state index is 12.0. The largest absolute Gasteiger partial charge is 0.356 e. The number of carbonyl (C=O) groups is 1. The highest BCUT2D eigenvalue weighted by Gasteiger charge is 2.10. The molecule has 0 spiro atoms. The molecule has 1 atom stereocenters. The molecule has 5 nitrogen and oxygen atoms in total. The van der Waals surface area contributed by atoms with E-state index in [1.165, 1.54) is 11.3 Å². The molecular weight excluding hydrogens is 435 g/mol. The summed E-state index contributed by atoms with van der Waals surface area (Å²) in [7, 11) is 0. The quantitative estimate of drug-likeness (QED) is 0.431. The van der Waals surface area contributed by atoms with Crippen LogP contribution in [0.2, 0.25) is 10.0 Å². The van der Waals surface area contributed by atoms with E-state index in [1.807, 2.05) is 31.2 Å². The Labute approximate surface area is 182 Å². The Hall–Kier alpha value is -2.19. The van der Waals surface area contributed by atoms with E-state index < -0.39 is 0 Å². The smallest absolute Gasteiger partial charge is 0.275 e. The summed E-state index contributed by atoms with van der Waals surface area (Å²) in [6, 6.07) is 12.6. The van der Waals surface area contributed by atoms with Crippen LogP contribution < -0.4 is 16.0 Å². The molecule has 3 rings (SSSR count). The zero-order valence-corrected chi connectivity index (χ0v) is 17.8. The van der Waals surface area contributed by atoms with Crippen LogP contribution in [0.4, 0.5) is 11.4 Å². The molecule has 2 aromatic carbocycles. The first-order valence-corrected chi connectivity index (χ1v) is 10.3. The number of hydrogen-bond donors (Lipinski definition) is 3. The summed E-state index contributed by atoms with van der Waals surface area (Å²) in [5.41, 5.74) is 4.46. The van der Waals surface area contributed by atoms with Gasteiger partial charge in [0, 0.05) is 16.8 Å². The van der Waals surface area contributed by atoms with E-state index in [4.69, 9.17) is 35.4 Å². The fourth-order valence-corrected chi connectivity index (χ4v) is 3.52. The molecule has 1 heterocycles. The Kier molecular flexibility index (Phi) is 6.85. The molecule has 0 aliphatic rings. The van der Waals surface area contributed by atoms with Crippen molar-refractivity contribution in [3.63, 3.8) is 0 Å². The number of carbonyl (C=O) groups excluding carboxylic acids is 1. The van der Waals surface area contributed by atoms with E-state index in [0.29, 0.717) is 26.5 Å². The van der Waals surface area contributed by atoms with Gasteiger partial charge in [0.2, 0.25) is 0 Å². The van der Waals surface area contributed by atoms with Crippen LogP contribution in [-0.4, -0.2) is 16.0 Å². The third kappa shape index (κ3) is 5.42. The molecule has 28 heavy (non-hydrogen) atoms. The lowest BCUT2D eigenvalue weighted by Crippen LogP contribution is -2.30. The summed E-state index contributed by atoms with van der Waals surface area (Å²) in [6.07, 6.45) is 0. The molecule has 1 aromatic heterocycles. The first-order valence-electron chi connectivity index (χ1n) is 8.24. The Bertz CT molecular complexity index is 978. The summed E-state index contributed by atoms with van der Waals surface area (Å²) in [5, 5.41) is 12.3. The zero-order chi connectivity index (χ0) is 20.1. The molecule has 3 N–H and O–H groups in total. The van der Waals surface area contributed by atoms with Crippen LogP contribution >= 0.6 is 46.8 Å². The summed E-state index contributed by atoms with van der Waals surface area (Å²) >= 11 is 18.8. The van der Waals surface area contributed by atoms with Crippen molar-refractivity contribution >= 4 is 69.2 Å². The van der Waals surface area contributed by atoms with Crippen LogP contribution in [0.25, 0.3) is 0 Å². The summed E-state index contributed by atoms with van der Waals surface area (Å²) in [4.78, 5) is 16.0. The van der Waals surface area contributed by atoms with Crippen molar-refractivity contribution in [3.8, 4) is 0 Å². The van der Waals surface area contributed by atoms with Gasteiger partial charge in [-0.1, -0.05) is 29.3 Å². The molecule has 0 radical (unpaired) electrons. The minimum Gasteiger partial charge on any atom is -0.356 e. The minimum absolute atomic E-state index is 0.0496. The standard InChI is InChI=1S/C19H16Cl2N4OS2/c1-11(12-2-7-15(20)16(21)8-12)23-19(27)25-14-5-3-13(4-6-14)24-18(26)17-9-28-10-22-17/h2-11H,1H3,(H,24,26)(H2,23,25,27). The topological polar surface area (TPSA) is 66.0 Å². The number of nitrogens with one attached hydrogen (secondary N) is 3. The maximum Gasteiger partial charge on any atom is 0.275 e. The van der Waals surface area contributed by atoms with E-state index in [0.717, 1.165) is 11.3 Å². The van der Waals surface area contributed by atoms with Crippen molar-refractivity contribution in [1.82, 2.24) is 10.3 Å². The average molecular weight is 451 g/mol. The highest BCUT2D eigenvalue weighted by Crippen LogP contribution is 2.25. The van der Waals surface area contributed by atoms with Crippen molar-refractivity contribution in [2.75, 3.05) is 10.6 Å². The lowest BCUT2D eigenvalue weighted by atomic mass is 10.1. The van der Waals surface area contributed by atoms with Gasteiger partial charge in [-0.2, -0.15) is 0 Å². The van der Waals surface area contributed by atoms with Crippen LogP contribution in [-0.2, 0) is 0 Å². The minimum atomic E-state index is -0.241. The predicted octanol–water partition coefficient (Wildman–Crippen LogP) is 5.75. The number of anilines is 2. The van der Waals surface area contributed by atoms with Crippen LogP contribution in [0.1, 0.15) is 29.0 Å². The van der Waals surface area contributed by atoms with Crippen LogP contribution in [0.3, 0.4) is 0 Å². The van der Waals surface area contributed by atoms with Crippen LogP contribution in [0.5, 0.6) is 0 Å². The van der Waals surface area contributed by atoms with Crippen molar-refractivity contribution in [2.24, 2.45) is 0 Å².